The monoisotopic (exact) mass is 257 g/mol. The number of benzene rings is 1. The SMILES string of the molecule is Cc1ccc2c(c1)/C(=N/O)CCC2C1CCCCC1. The van der Waals surface area contributed by atoms with Gasteiger partial charge in [-0.25, -0.2) is 0 Å². The summed E-state index contributed by atoms with van der Waals surface area (Å²) in [6.07, 6.45) is 9.03. The van der Waals surface area contributed by atoms with Crippen LogP contribution in [0.1, 0.15) is 67.6 Å². The van der Waals surface area contributed by atoms with Crippen LogP contribution in [0.15, 0.2) is 23.4 Å². The number of hydrogen-bond acceptors (Lipinski definition) is 2. The minimum absolute atomic E-state index is 0.682. The van der Waals surface area contributed by atoms with Crippen LogP contribution in [0.4, 0.5) is 0 Å². The average molecular weight is 257 g/mol. The summed E-state index contributed by atoms with van der Waals surface area (Å²) in [5.41, 5.74) is 4.76. The minimum atomic E-state index is 0.682. The number of nitrogens with zero attached hydrogens (tertiary/aromatic N) is 1. The fraction of sp³-hybridized carbons (Fsp3) is 0.588. The Kier molecular flexibility index (Phi) is 3.58. The van der Waals surface area contributed by atoms with Gasteiger partial charge in [0.15, 0.2) is 0 Å². The predicted octanol–water partition coefficient (Wildman–Crippen LogP) is 4.63. The molecule has 3 rings (SSSR count). The first-order valence-corrected chi connectivity index (χ1v) is 7.61. The van der Waals surface area contributed by atoms with Crippen LogP contribution in [-0.4, -0.2) is 10.9 Å². The second-order valence-electron chi connectivity index (χ2n) is 6.18. The smallest absolute Gasteiger partial charge is 0.0870 e. The van der Waals surface area contributed by atoms with Gasteiger partial charge in [-0.1, -0.05) is 42.1 Å². The maximum absolute atomic E-state index is 9.21. The predicted molar refractivity (Wildman–Crippen MR) is 78.1 cm³/mol. The molecule has 0 saturated heterocycles. The average Bonchev–Trinajstić information content (AvgIpc) is 2.47. The molecule has 0 aromatic heterocycles. The van der Waals surface area contributed by atoms with Crippen molar-refractivity contribution in [1.82, 2.24) is 0 Å². The summed E-state index contributed by atoms with van der Waals surface area (Å²) in [6, 6.07) is 6.67. The second kappa shape index (κ2) is 5.36. The van der Waals surface area contributed by atoms with Gasteiger partial charge in [0.25, 0.3) is 0 Å². The molecule has 0 bridgehead atoms. The summed E-state index contributed by atoms with van der Waals surface area (Å²) in [4.78, 5) is 0. The van der Waals surface area contributed by atoms with Crippen molar-refractivity contribution in [2.45, 2.75) is 57.8 Å². The van der Waals surface area contributed by atoms with Gasteiger partial charge in [0.05, 0.1) is 5.71 Å². The highest BCUT2D eigenvalue weighted by Gasteiger charge is 2.31. The molecule has 1 fully saturated rings. The Morgan fingerprint density at radius 1 is 1.11 bits per heavy atom. The van der Waals surface area contributed by atoms with Gasteiger partial charge in [0, 0.05) is 5.56 Å². The Hall–Kier alpha value is -1.31. The first-order valence-electron chi connectivity index (χ1n) is 7.61. The first-order chi connectivity index (χ1) is 9.29. The van der Waals surface area contributed by atoms with Gasteiger partial charge in [-0.15, -0.1) is 0 Å². The van der Waals surface area contributed by atoms with Crippen molar-refractivity contribution in [1.29, 1.82) is 0 Å². The molecule has 2 nitrogen and oxygen atoms in total. The van der Waals surface area contributed by atoms with Crippen LogP contribution in [-0.2, 0) is 0 Å². The Morgan fingerprint density at radius 2 is 1.89 bits per heavy atom. The third-order valence-corrected chi connectivity index (χ3v) is 4.95. The van der Waals surface area contributed by atoms with E-state index in [0.29, 0.717) is 5.92 Å². The maximum atomic E-state index is 9.21. The highest BCUT2D eigenvalue weighted by atomic mass is 16.4. The molecule has 0 spiro atoms. The standard InChI is InChI=1S/C17H23NO/c1-12-7-8-15-14(13-5-3-2-4-6-13)9-10-17(18-19)16(15)11-12/h7-8,11,13-14,19H,2-6,9-10H2,1H3/b18-17+. The Bertz CT molecular complexity index is 486. The van der Waals surface area contributed by atoms with Crippen molar-refractivity contribution in [2.24, 2.45) is 11.1 Å². The zero-order valence-electron chi connectivity index (χ0n) is 11.7. The fourth-order valence-electron chi connectivity index (χ4n) is 3.96. The van der Waals surface area contributed by atoms with Crippen molar-refractivity contribution >= 4 is 5.71 Å². The lowest BCUT2D eigenvalue weighted by molar-refractivity contribution is 0.289. The molecule has 2 aliphatic carbocycles. The molecule has 102 valence electrons. The van der Waals surface area contributed by atoms with E-state index in [0.717, 1.165) is 24.5 Å². The molecule has 1 unspecified atom stereocenters. The van der Waals surface area contributed by atoms with E-state index in [9.17, 15) is 5.21 Å². The Morgan fingerprint density at radius 3 is 2.63 bits per heavy atom. The number of oxime groups is 1. The van der Waals surface area contributed by atoms with E-state index < -0.39 is 0 Å². The number of aryl methyl sites for hydroxylation is 1. The van der Waals surface area contributed by atoms with Crippen molar-refractivity contribution < 1.29 is 5.21 Å². The van der Waals surface area contributed by atoms with Gasteiger partial charge < -0.3 is 5.21 Å². The minimum Gasteiger partial charge on any atom is -0.411 e. The zero-order valence-corrected chi connectivity index (χ0v) is 11.7. The molecule has 2 heteroatoms. The molecule has 19 heavy (non-hydrogen) atoms. The Balaban J connectivity index is 1.96. The normalized spacial score (nSPS) is 26.4. The highest BCUT2D eigenvalue weighted by molar-refractivity contribution is 6.02. The van der Waals surface area contributed by atoms with Gasteiger partial charge >= 0.3 is 0 Å². The summed E-state index contributed by atoms with van der Waals surface area (Å²) >= 11 is 0. The summed E-state index contributed by atoms with van der Waals surface area (Å²) in [6.45, 7) is 2.11. The van der Waals surface area contributed by atoms with Gasteiger partial charge in [-0.3, -0.25) is 0 Å². The summed E-state index contributed by atoms with van der Waals surface area (Å²) in [5.74, 6) is 1.52. The Labute approximate surface area is 115 Å². The van der Waals surface area contributed by atoms with E-state index >= 15 is 0 Å². The molecule has 0 heterocycles. The molecule has 1 atom stereocenters. The van der Waals surface area contributed by atoms with Crippen molar-refractivity contribution in [3.8, 4) is 0 Å². The molecule has 1 aromatic rings. The lowest BCUT2D eigenvalue weighted by atomic mass is 9.70. The van der Waals surface area contributed by atoms with E-state index in [1.54, 1.807) is 0 Å². The molecule has 0 amide bonds. The van der Waals surface area contributed by atoms with E-state index in [4.69, 9.17) is 0 Å². The van der Waals surface area contributed by atoms with Crippen LogP contribution < -0.4 is 0 Å². The van der Waals surface area contributed by atoms with Crippen LogP contribution >= 0.6 is 0 Å². The third kappa shape index (κ3) is 2.41. The molecule has 0 radical (unpaired) electrons. The summed E-state index contributed by atoms with van der Waals surface area (Å²) in [5, 5.41) is 12.7. The van der Waals surface area contributed by atoms with E-state index in [1.165, 1.54) is 48.8 Å². The number of rotatable bonds is 1. The van der Waals surface area contributed by atoms with Crippen LogP contribution in [0, 0.1) is 12.8 Å². The fourth-order valence-corrected chi connectivity index (χ4v) is 3.96. The van der Waals surface area contributed by atoms with Crippen LogP contribution in [0.3, 0.4) is 0 Å². The molecular formula is C17H23NO. The van der Waals surface area contributed by atoms with Crippen molar-refractivity contribution in [3.05, 3.63) is 34.9 Å². The quantitative estimate of drug-likeness (QED) is 0.577. The number of fused-ring (bicyclic) bond motifs is 1. The molecule has 1 N–H and O–H groups in total. The van der Waals surface area contributed by atoms with Crippen molar-refractivity contribution in [3.63, 3.8) is 0 Å². The maximum Gasteiger partial charge on any atom is 0.0870 e. The van der Waals surface area contributed by atoms with Gasteiger partial charge in [0.2, 0.25) is 0 Å². The largest absolute Gasteiger partial charge is 0.411 e. The van der Waals surface area contributed by atoms with E-state index in [2.05, 4.69) is 30.3 Å². The number of hydrogen-bond donors (Lipinski definition) is 1. The molecule has 1 saturated carbocycles. The highest BCUT2D eigenvalue weighted by Crippen LogP contribution is 2.43. The van der Waals surface area contributed by atoms with Crippen LogP contribution in [0.25, 0.3) is 0 Å². The molecule has 1 aromatic carbocycles. The lowest BCUT2D eigenvalue weighted by Crippen LogP contribution is -2.24. The molecule has 2 aliphatic rings. The zero-order chi connectivity index (χ0) is 13.2. The molecule has 0 aliphatic heterocycles. The first kappa shape index (κ1) is 12.7. The summed E-state index contributed by atoms with van der Waals surface area (Å²) < 4.78 is 0. The van der Waals surface area contributed by atoms with Crippen molar-refractivity contribution in [2.75, 3.05) is 0 Å². The van der Waals surface area contributed by atoms with E-state index in [1.807, 2.05) is 0 Å². The second-order valence-corrected chi connectivity index (χ2v) is 6.18. The van der Waals surface area contributed by atoms with Gasteiger partial charge in [0.1, 0.15) is 0 Å². The molecular weight excluding hydrogens is 234 g/mol. The van der Waals surface area contributed by atoms with E-state index in [-0.39, 0.29) is 0 Å². The van der Waals surface area contributed by atoms with Gasteiger partial charge in [-0.05, 0) is 56.1 Å². The van der Waals surface area contributed by atoms with Crippen LogP contribution in [0.2, 0.25) is 0 Å². The van der Waals surface area contributed by atoms with Crippen LogP contribution in [0.5, 0.6) is 0 Å². The summed E-state index contributed by atoms with van der Waals surface area (Å²) in [7, 11) is 0. The lowest BCUT2D eigenvalue weighted by Gasteiger charge is -2.35. The van der Waals surface area contributed by atoms with Gasteiger partial charge in [-0.2, -0.15) is 0 Å². The topological polar surface area (TPSA) is 32.6 Å². The third-order valence-electron chi connectivity index (χ3n) is 4.95.